The standard InChI is InChI=1S/C17H29NO3/c1-5-20-9-6-10-21-17-12-14(7-8-16(17)19-4)11-15(18)13(2)3/h7-8,12-13,15H,5-6,9-11,18H2,1-4H3. The Morgan fingerprint density at radius 2 is 1.90 bits per heavy atom. The average Bonchev–Trinajstić information content (AvgIpc) is 2.47. The van der Waals surface area contributed by atoms with E-state index in [4.69, 9.17) is 19.9 Å². The summed E-state index contributed by atoms with van der Waals surface area (Å²) in [5.74, 6) is 2.00. The van der Waals surface area contributed by atoms with Crippen LogP contribution in [-0.4, -0.2) is 33.0 Å². The molecule has 120 valence electrons. The van der Waals surface area contributed by atoms with E-state index in [1.165, 1.54) is 5.56 Å². The van der Waals surface area contributed by atoms with Crippen molar-refractivity contribution in [1.82, 2.24) is 0 Å². The van der Waals surface area contributed by atoms with E-state index in [-0.39, 0.29) is 6.04 Å². The fourth-order valence-electron chi connectivity index (χ4n) is 1.96. The van der Waals surface area contributed by atoms with Crippen LogP contribution in [0.15, 0.2) is 18.2 Å². The van der Waals surface area contributed by atoms with Crippen LogP contribution in [0.25, 0.3) is 0 Å². The Labute approximate surface area is 128 Å². The van der Waals surface area contributed by atoms with Crippen molar-refractivity contribution in [3.05, 3.63) is 23.8 Å². The number of methoxy groups -OCH3 is 1. The molecule has 0 spiro atoms. The van der Waals surface area contributed by atoms with Gasteiger partial charge >= 0.3 is 0 Å². The minimum atomic E-state index is 0.157. The van der Waals surface area contributed by atoms with Gasteiger partial charge in [-0.2, -0.15) is 0 Å². The quantitative estimate of drug-likeness (QED) is 0.674. The van der Waals surface area contributed by atoms with Gasteiger partial charge in [0.15, 0.2) is 11.5 Å². The van der Waals surface area contributed by atoms with Gasteiger partial charge in [-0.05, 0) is 37.0 Å². The SMILES string of the molecule is CCOCCCOc1cc(CC(N)C(C)C)ccc1OC. The highest BCUT2D eigenvalue weighted by molar-refractivity contribution is 5.43. The summed E-state index contributed by atoms with van der Waals surface area (Å²) in [5.41, 5.74) is 7.31. The smallest absolute Gasteiger partial charge is 0.161 e. The van der Waals surface area contributed by atoms with Crippen LogP contribution in [0.4, 0.5) is 0 Å². The Kier molecular flexibility index (Phi) is 8.16. The molecule has 0 bridgehead atoms. The van der Waals surface area contributed by atoms with Gasteiger partial charge in [-0.3, -0.25) is 0 Å². The maximum Gasteiger partial charge on any atom is 0.161 e. The van der Waals surface area contributed by atoms with Crippen LogP contribution in [0.1, 0.15) is 32.8 Å². The zero-order valence-corrected chi connectivity index (χ0v) is 13.7. The summed E-state index contributed by atoms with van der Waals surface area (Å²) in [5, 5.41) is 0. The van der Waals surface area contributed by atoms with E-state index in [1.807, 2.05) is 25.1 Å². The highest BCUT2D eigenvalue weighted by atomic mass is 16.5. The molecule has 0 amide bonds. The molecule has 1 rings (SSSR count). The van der Waals surface area contributed by atoms with E-state index in [2.05, 4.69) is 13.8 Å². The second kappa shape index (κ2) is 9.64. The van der Waals surface area contributed by atoms with Crippen molar-refractivity contribution in [2.45, 2.75) is 39.7 Å². The normalized spacial score (nSPS) is 12.5. The van der Waals surface area contributed by atoms with Crippen molar-refractivity contribution in [3.8, 4) is 11.5 Å². The fraction of sp³-hybridized carbons (Fsp3) is 0.647. The fourth-order valence-corrected chi connectivity index (χ4v) is 1.96. The molecule has 1 unspecified atom stereocenters. The van der Waals surface area contributed by atoms with Crippen molar-refractivity contribution in [1.29, 1.82) is 0 Å². The van der Waals surface area contributed by atoms with Gasteiger partial charge in [0.25, 0.3) is 0 Å². The molecule has 0 saturated heterocycles. The Bertz CT molecular complexity index is 407. The van der Waals surface area contributed by atoms with Crippen LogP contribution in [0, 0.1) is 5.92 Å². The number of nitrogens with two attached hydrogens (primary N) is 1. The molecule has 4 heteroatoms. The van der Waals surface area contributed by atoms with Crippen LogP contribution in [0.5, 0.6) is 11.5 Å². The lowest BCUT2D eigenvalue weighted by molar-refractivity contribution is 0.130. The summed E-state index contributed by atoms with van der Waals surface area (Å²) < 4.78 is 16.5. The lowest BCUT2D eigenvalue weighted by Crippen LogP contribution is -2.28. The molecular weight excluding hydrogens is 266 g/mol. The third kappa shape index (κ3) is 6.36. The molecule has 0 aromatic heterocycles. The van der Waals surface area contributed by atoms with Crippen LogP contribution < -0.4 is 15.2 Å². The first-order valence-electron chi connectivity index (χ1n) is 7.71. The van der Waals surface area contributed by atoms with E-state index in [0.717, 1.165) is 37.6 Å². The Balaban J connectivity index is 2.62. The predicted molar refractivity (Wildman–Crippen MR) is 86.1 cm³/mol. The molecule has 1 atom stereocenters. The summed E-state index contributed by atoms with van der Waals surface area (Å²) in [4.78, 5) is 0. The Morgan fingerprint density at radius 1 is 1.14 bits per heavy atom. The molecule has 4 nitrogen and oxygen atoms in total. The summed E-state index contributed by atoms with van der Waals surface area (Å²) in [6.45, 7) is 8.35. The molecule has 0 aliphatic carbocycles. The monoisotopic (exact) mass is 295 g/mol. The van der Waals surface area contributed by atoms with Gasteiger partial charge in [0.05, 0.1) is 13.7 Å². The van der Waals surface area contributed by atoms with E-state index in [9.17, 15) is 0 Å². The first-order valence-corrected chi connectivity index (χ1v) is 7.71. The summed E-state index contributed by atoms with van der Waals surface area (Å²) >= 11 is 0. The molecule has 0 radical (unpaired) electrons. The maximum atomic E-state index is 6.14. The zero-order valence-electron chi connectivity index (χ0n) is 13.7. The third-order valence-electron chi connectivity index (χ3n) is 3.45. The van der Waals surface area contributed by atoms with E-state index < -0.39 is 0 Å². The zero-order chi connectivity index (χ0) is 15.7. The van der Waals surface area contributed by atoms with Crippen molar-refractivity contribution in [2.24, 2.45) is 11.7 Å². The number of benzene rings is 1. The Morgan fingerprint density at radius 3 is 2.52 bits per heavy atom. The topological polar surface area (TPSA) is 53.7 Å². The number of ether oxygens (including phenoxy) is 3. The largest absolute Gasteiger partial charge is 0.493 e. The second-order valence-electron chi connectivity index (χ2n) is 5.50. The molecule has 1 aromatic carbocycles. The molecule has 0 aliphatic rings. The van der Waals surface area contributed by atoms with Gasteiger partial charge in [0.2, 0.25) is 0 Å². The third-order valence-corrected chi connectivity index (χ3v) is 3.45. The van der Waals surface area contributed by atoms with Crippen LogP contribution in [0.3, 0.4) is 0 Å². The minimum Gasteiger partial charge on any atom is -0.493 e. The van der Waals surface area contributed by atoms with Gasteiger partial charge in [0.1, 0.15) is 0 Å². The first-order chi connectivity index (χ1) is 10.1. The van der Waals surface area contributed by atoms with Gasteiger partial charge in [-0.15, -0.1) is 0 Å². The van der Waals surface area contributed by atoms with Crippen LogP contribution in [-0.2, 0) is 11.2 Å². The van der Waals surface area contributed by atoms with Gasteiger partial charge in [0, 0.05) is 25.7 Å². The van der Waals surface area contributed by atoms with Gasteiger partial charge < -0.3 is 19.9 Å². The first kappa shape index (κ1) is 17.8. The lowest BCUT2D eigenvalue weighted by atomic mass is 9.97. The molecule has 1 aromatic rings. The van der Waals surface area contributed by atoms with E-state index >= 15 is 0 Å². The van der Waals surface area contributed by atoms with E-state index in [0.29, 0.717) is 12.5 Å². The average molecular weight is 295 g/mol. The lowest BCUT2D eigenvalue weighted by Gasteiger charge is -2.17. The highest BCUT2D eigenvalue weighted by Gasteiger charge is 2.11. The predicted octanol–water partition coefficient (Wildman–Crippen LogP) is 3.03. The summed E-state index contributed by atoms with van der Waals surface area (Å²) in [7, 11) is 1.65. The highest BCUT2D eigenvalue weighted by Crippen LogP contribution is 2.29. The molecule has 0 aliphatic heterocycles. The molecule has 2 N–H and O–H groups in total. The summed E-state index contributed by atoms with van der Waals surface area (Å²) in [6, 6.07) is 6.18. The van der Waals surface area contributed by atoms with Gasteiger partial charge in [-0.25, -0.2) is 0 Å². The van der Waals surface area contributed by atoms with Crippen LogP contribution >= 0.6 is 0 Å². The number of hydrogen-bond acceptors (Lipinski definition) is 4. The van der Waals surface area contributed by atoms with Crippen molar-refractivity contribution in [3.63, 3.8) is 0 Å². The maximum absolute atomic E-state index is 6.14. The molecule has 21 heavy (non-hydrogen) atoms. The molecular formula is C17H29NO3. The van der Waals surface area contributed by atoms with Crippen molar-refractivity contribution >= 4 is 0 Å². The van der Waals surface area contributed by atoms with Crippen molar-refractivity contribution in [2.75, 3.05) is 26.9 Å². The number of hydrogen-bond donors (Lipinski definition) is 1. The van der Waals surface area contributed by atoms with Gasteiger partial charge in [-0.1, -0.05) is 19.9 Å². The van der Waals surface area contributed by atoms with Crippen LogP contribution in [0.2, 0.25) is 0 Å². The van der Waals surface area contributed by atoms with E-state index in [1.54, 1.807) is 7.11 Å². The number of rotatable bonds is 10. The molecule has 0 saturated carbocycles. The second-order valence-corrected chi connectivity index (χ2v) is 5.50. The minimum absolute atomic E-state index is 0.157. The molecule has 0 heterocycles. The summed E-state index contributed by atoms with van der Waals surface area (Å²) in [6.07, 6.45) is 1.71. The Hall–Kier alpha value is -1.26. The molecule has 0 fully saturated rings. The van der Waals surface area contributed by atoms with Crippen molar-refractivity contribution < 1.29 is 14.2 Å².